The Labute approximate surface area is 259 Å². The molecule has 5 aromatic carbocycles. The summed E-state index contributed by atoms with van der Waals surface area (Å²) in [6.07, 6.45) is 0.0914. The van der Waals surface area contributed by atoms with E-state index in [9.17, 15) is 14.4 Å². The molecule has 1 unspecified atom stereocenters. The number of carbonyl (C=O) groups excluding carboxylic acids is 1. The molecule has 2 N–H and O–H groups in total. The molecule has 0 saturated heterocycles. The summed E-state index contributed by atoms with van der Waals surface area (Å²) in [6.45, 7) is 2.23. The second-order valence-electron chi connectivity index (χ2n) is 10.4. The number of nitrogens with two attached hydrogens (primary N) is 1. The van der Waals surface area contributed by atoms with Gasteiger partial charge >= 0.3 is 5.97 Å². The van der Waals surface area contributed by atoms with E-state index in [0.29, 0.717) is 40.5 Å². The number of allylic oxidation sites excluding steroid dienone is 1. The molecule has 0 amide bonds. The fourth-order valence-electron chi connectivity index (χ4n) is 5.47. The van der Waals surface area contributed by atoms with E-state index in [4.69, 9.17) is 24.7 Å². The molecule has 1 aliphatic heterocycles. The molecule has 6 rings (SSSR count). The third-order valence-electron chi connectivity index (χ3n) is 7.58. The number of ether oxygens (including phenoxy) is 4. The predicted octanol–water partition coefficient (Wildman–Crippen LogP) is 7.32. The Morgan fingerprint density at radius 2 is 1.69 bits per heavy atom. The summed E-state index contributed by atoms with van der Waals surface area (Å²) in [5, 5.41) is 12.1. The highest BCUT2D eigenvalue weighted by Crippen LogP contribution is 2.45. The molecular formula is C37H29FN2O5. The summed E-state index contributed by atoms with van der Waals surface area (Å²) in [5.41, 5.74) is 9.11. The first-order chi connectivity index (χ1) is 21.9. The molecule has 1 aliphatic rings. The normalized spacial score (nSPS) is 13.8. The molecule has 0 fully saturated rings. The molecule has 0 saturated carbocycles. The average molecular weight is 601 g/mol. The van der Waals surface area contributed by atoms with Crippen LogP contribution in [0.15, 0.2) is 115 Å². The first-order valence-electron chi connectivity index (χ1n) is 14.5. The van der Waals surface area contributed by atoms with Crippen LogP contribution in [0, 0.1) is 17.1 Å². The number of rotatable bonds is 9. The summed E-state index contributed by atoms with van der Waals surface area (Å²) in [5.74, 6) is 0.110. The Morgan fingerprint density at radius 1 is 0.911 bits per heavy atom. The molecule has 5 aromatic rings. The van der Waals surface area contributed by atoms with Gasteiger partial charge in [-0.2, -0.15) is 5.26 Å². The molecule has 7 nitrogen and oxygen atoms in total. The highest BCUT2D eigenvalue weighted by atomic mass is 19.1. The number of hydrogen-bond donors (Lipinski definition) is 1. The van der Waals surface area contributed by atoms with Crippen molar-refractivity contribution in [1.29, 1.82) is 5.26 Å². The van der Waals surface area contributed by atoms with Gasteiger partial charge in [-0.3, -0.25) is 4.79 Å². The average Bonchev–Trinajstić information content (AvgIpc) is 3.04. The lowest BCUT2D eigenvalue weighted by atomic mass is 9.83. The molecule has 0 bridgehead atoms. The monoisotopic (exact) mass is 600 g/mol. The van der Waals surface area contributed by atoms with Gasteiger partial charge in [-0.15, -0.1) is 0 Å². The van der Waals surface area contributed by atoms with E-state index < -0.39 is 11.9 Å². The maximum Gasteiger partial charge on any atom is 0.315 e. The number of benzene rings is 5. The van der Waals surface area contributed by atoms with Crippen molar-refractivity contribution in [3.05, 3.63) is 143 Å². The molecule has 0 aromatic heterocycles. The van der Waals surface area contributed by atoms with Crippen molar-refractivity contribution >= 4 is 16.7 Å². The van der Waals surface area contributed by atoms with Crippen molar-refractivity contribution in [2.45, 2.75) is 25.9 Å². The van der Waals surface area contributed by atoms with Gasteiger partial charge < -0.3 is 24.7 Å². The largest absolute Gasteiger partial charge is 0.490 e. The van der Waals surface area contributed by atoms with Crippen molar-refractivity contribution in [3.8, 4) is 29.1 Å². The minimum absolute atomic E-state index is 0.0183. The Kier molecular flexibility index (Phi) is 8.34. The molecular weight excluding hydrogens is 571 g/mol. The maximum atomic E-state index is 14.2. The van der Waals surface area contributed by atoms with Gasteiger partial charge in [-0.25, -0.2) is 4.39 Å². The number of nitriles is 1. The van der Waals surface area contributed by atoms with Gasteiger partial charge in [0.15, 0.2) is 11.5 Å². The summed E-state index contributed by atoms with van der Waals surface area (Å²) in [4.78, 5) is 12.9. The quantitative estimate of drug-likeness (QED) is 0.140. The van der Waals surface area contributed by atoms with E-state index in [-0.39, 0.29) is 36.1 Å². The standard InChI is InChI=1S/C37H29FN2O5/c1-2-42-34-18-25(14-17-32(34)43-22-26-9-4-6-13-31(26)38)36-29-16-15-27(20-33(29)45-37(40)30(36)21-39)44-35(41)19-24-11-7-10-23-8-3-5-12-28(23)24/h3-18,20,36H,2,19,22,40H2,1H3. The van der Waals surface area contributed by atoms with E-state index in [1.165, 1.54) is 6.07 Å². The molecule has 1 atom stereocenters. The Morgan fingerprint density at radius 3 is 2.51 bits per heavy atom. The summed E-state index contributed by atoms with van der Waals surface area (Å²) in [7, 11) is 0. The number of esters is 1. The van der Waals surface area contributed by atoms with Crippen molar-refractivity contribution in [3.63, 3.8) is 0 Å². The molecule has 1 heterocycles. The zero-order valence-corrected chi connectivity index (χ0v) is 24.5. The van der Waals surface area contributed by atoms with Crippen LogP contribution in [0.5, 0.6) is 23.0 Å². The van der Waals surface area contributed by atoms with Gasteiger partial charge in [-0.1, -0.05) is 72.8 Å². The molecule has 0 aliphatic carbocycles. The molecule has 0 spiro atoms. The minimum Gasteiger partial charge on any atom is -0.490 e. The third kappa shape index (κ3) is 6.15. The lowest BCUT2D eigenvalue weighted by Gasteiger charge is -2.27. The van der Waals surface area contributed by atoms with E-state index in [1.807, 2.05) is 55.5 Å². The van der Waals surface area contributed by atoms with Gasteiger partial charge in [-0.05, 0) is 53.1 Å². The SMILES string of the molecule is CCOc1cc(C2C(C#N)=C(N)Oc3cc(OC(=O)Cc4cccc5ccccc45)ccc32)ccc1OCc1ccccc1F. The maximum absolute atomic E-state index is 14.2. The zero-order chi connectivity index (χ0) is 31.3. The van der Waals surface area contributed by atoms with Crippen molar-refractivity contribution in [2.24, 2.45) is 5.73 Å². The fraction of sp³-hybridized carbons (Fsp3) is 0.135. The van der Waals surface area contributed by atoms with Gasteiger partial charge in [0.05, 0.1) is 18.9 Å². The van der Waals surface area contributed by atoms with Crippen LogP contribution < -0.4 is 24.7 Å². The van der Waals surface area contributed by atoms with Gasteiger partial charge in [0.1, 0.15) is 35.6 Å². The second kappa shape index (κ2) is 12.8. The fourth-order valence-corrected chi connectivity index (χ4v) is 5.47. The zero-order valence-electron chi connectivity index (χ0n) is 24.5. The van der Waals surface area contributed by atoms with Crippen LogP contribution in [0.3, 0.4) is 0 Å². The summed E-state index contributed by atoms with van der Waals surface area (Å²) >= 11 is 0. The number of carbonyl (C=O) groups is 1. The van der Waals surface area contributed by atoms with E-state index in [1.54, 1.807) is 48.5 Å². The van der Waals surface area contributed by atoms with Crippen LogP contribution >= 0.6 is 0 Å². The minimum atomic E-state index is -0.584. The predicted molar refractivity (Wildman–Crippen MR) is 167 cm³/mol. The third-order valence-corrected chi connectivity index (χ3v) is 7.58. The van der Waals surface area contributed by atoms with Crippen LogP contribution in [0.2, 0.25) is 0 Å². The Bertz CT molecular complexity index is 1970. The topological polar surface area (TPSA) is 104 Å². The molecule has 45 heavy (non-hydrogen) atoms. The van der Waals surface area contributed by atoms with Gasteiger partial charge in [0.2, 0.25) is 5.88 Å². The van der Waals surface area contributed by atoms with Crippen molar-refractivity contribution in [2.75, 3.05) is 6.61 Å². The van der Waals surface area contributed by atoms with Crippen LogP contribution in [0.1, 0.15) is 35.1 Å². The summed E-state index contributed by atoms with van der Waals surface area (Å²) in [6, 6.07) is 32.6. The second-order valence-corrected chi connectivity index (χ2v) is 10.4. The Balaban J connectivity index is 1.26. The highest BCUT2D eigenvalue weighted by molar-refractivity contribution is 5.89. The summed E-state index contributed by atoms with van der Waals surface area (Å²) < 4.78 is 37.5. The van der Waals surface area contributed by atoms with Crippen LogP contribution in [0.25, 0.3) is 10.8 Å². The smallest absolute Gasteiger partial charge is 0.315 e. The van der Waals surface area contributed by atoms with Crippen LogP contribution in [-0.2, 0) is 17.8 Å². The number of nitrogens with zero attached hydrogens (tertiary/aromatic N) is 1. The van der Waals surface area contributed by atoms with Gasteiger partial charge in [0, 0.05) is 17.2 Å². The number of hydrogen-bond acceptors (Lipinski definition) is 7. The van der Waals surface area contributed by atoms with Gasteiger partial charge in [0.25, 0.3) is 0 Å². The highest BCUT2D eigenvalue weighted by Gasteiger charge is 2.32. The van der Waals surface area contributed by atoms with Crippen LogP contribution in [-0.4, -0.2) is 12.6 Å². The lowest BCUT2D eigenvalue weighted by molar-refractivity contribution is -0.133. The first-order valence-corrected chi connectivity index (χ1v) is 14.5. The first kappa shape index (κ1) is 29.3. The van der Waals surface area contributed by atoms with Crippen molar-refractivity contribution in [1.82, 2.24) is 0 Å². The molecule has 8 heteroatoms. The Hall–Kier alpha value is -5.81. The van der Waals surface area contributed by atoms with E-state index in [0.717, 1.165) is 16.3 Å². The van der Waals surface area contributed by atoms with Crippen molar-refractivity contribution < 1.29 is 28.1 Å². The number of fused-ring (bicyclic) bond motifs is 2. The number of halogens is 1. The molecule has 0 radical (unpaired) electrons. The lowest BCUT2D eigenvalue weighted by Crippen LogP contribution is -2.21. The van der Waals surface area contributed by atoms with Crippen LogP contribution in [0.4, 0.5) is 4.39 Å². The van der Waals surface area contributed by atoms with E-state index >= 15 is 0 Å². The van der Waals surface area contributed by atoms with E-state index in [2.05, 4.69) is 6.07 Å². The molecule has 224 valence electrons.